The van der Waals surface area contributed by atoms with Gasteiger partial charge in [0.2, 0.25) is 0 Å². The van der Waals surface area contributed by atoms with E-state index in [4.69, 9.17) is 0 Å². The van der Waals surface area contributed by atoms with Crippen molar-refractivity contribution < 1.29 is 51.3 Å². The molecule has 0 radical (unpaired) electrons. The molecule has 3 nitrogen and oxygen atoms in total. The molecule has 0 aliphatic carbocycles. The molecule has 0 fully saturated rings. The quantitative estimate of drug-likeness (QED) is 0.338. The van der Waals surface area contributed by atoms with Crippen molar-refractivity contribution in [1.82, 2.24) is 0 Å². The average molecular weight is 294 g/mol. The number of alkyl halides is 2. The number of rotatable bonds is 10. The monoisotopic (exact) mass is 294 g/mol. The summed E-state index contributed by atoms with van der Waals surface area (Å²) in [6, 6.07) is 0. The first-order valence-electron chi connectivity index (χ1n) is 6.14. The number of hydrogen-bond donors (Lipinski definition) is 0. The number of unbranched alkanes of at least 4 members (excludes halogenated alkanes) is 7. The van der Waals surface area contributed by atoms with E-state index in [1.165, 1.54) is 6.42 Å². The molecule has 0 heterocycles. The summed E-state index contributed by atoms with van der Waals surface area (Å²) >= 11 is 0. The predicted octanol–water partition coefficient (Wildman–Crippen LogP) is 0.659. The third kappa shape index (κ3) is 9.67. The molecule has 0 unspecified atom stereocenters. The van der Waals surface area contributed by atoms with E-state index >= 15 is 0 Å². The van der Waals surface area contributed by atoms with Gasteiger partial charge in [-0.1, -0.05) is 51.9 Å². The van der Waals surface area contributed by atoms with Crippen LogP contribution in [-0.4, -0.2) is 18.2 Å². The molecule has 104 valence electrons. The standard InChI is InChI=1S/C11H22F2O3S.Na/c1-2-3-4-5-6-7-8-9-10-11(12,13)17(14,15)16;/h2-10H2,1H3,(H,14,15,16);/q;+1/p-1. The molecule has 0 saturated heterocycles. The molecule has 0 aliphatic rings. The van der Waals surface area contributed by atoms with Crippen LogP contribution in [0.1, 0.15) is 64.7 Å². The Hall–Kier alpha value is 0.770. The van der Waals surface area contributed by atoms with Gasteiger partial charge >= 0.3 is 34.8 Å². The zero-order valence-corrected chi connectivity index (χ0v) is 14.1. The van der Waals surface area contributed by atoms with Crippen molar-refractivity contribution in [1.29, 1.82) is 0 Å². The summed E-state index contributed by atoms with van der Waals surface area (Å²) in [6.07, 6.45) is 6.17. The molecule has 7 heteroatoms. The van der Waals surface area contributed by atoms with Gasteiger partial charge in [-0.2, -0.15) is 8.78 Å². The van der Waals surface area contributed by atoms with Crippen molar-refractivity contribution >= 4 is 10.1 Å². The fourth-order valence-corrected chi connectivity index (χ4v) is 1.98. The van der Waals surface area contributed by atoms with Gasteiger partial charge < -0.3 is 4.55 Å². The summed E-state index contributed by atoms with van der Waals surface area (Å²) < 4.78 is 56.0. The smallest absolute Gasteiger partial charge is 0.743 e. The van der Waals surface area contributed by atoms with E-state index in [-0.39, 0.29) is 36.0 Å². The Morgan fingerprint density at radius 2 is 1.33 bits per heavy atom. The van der Waals surface area contributed by atoms with Gasteiger partial charge in [-0.3, -0.25) is 0 Å². The third-order valence-corrected chi connectivity index (χ3v) is 3.62. The third-order valence-electron chi connectivity index (χ3n) is 2.69. The summed E-state index contributed by atoms with van der Waals surface area (Å²) in [6.45, 7) is 2.12. The zero-order chi connectivity index (χ0) is 13.4. The minimum absolute atomic E-state index is 0. The first kappa shape index (κ1) is 21.1. The molecular weight excluding hydrogens is 273 g/mol. The van der Waals surface area contributed by atoms with E-state index in [1.54, 1.807) is 0 Å². The summed E-state index contributed by atoms with van der Waals surface area (Å²) in [7, 11) is -5.49. The first-order chi connectivity index (χ1) is 7.81. The molecule has 0 rings (SSSR count). The van der Waals surface area contributed by atoms with Gasteiger partial charge in [0, 0.05) is 6.42 Å². The molecule has 0 bridgehead atoms. The number of hydrogen-bond acceptors (Lipinski definition) is 3. The van der Waals surface area contributed by atoms with E-state index in [0.717, 1.165) is 32.1 Å². The molecule has 0 atom stereocenters. The van der Waals surface area contributed by atoms with Gasteiger partial charge in [0.25, 0.3) is 0 Å². The van der Waals surface area contributed by atoms with Crippen molar-refractivity contribution in [2.45, 2.75) is 70.0 Å². The maximum Gasteiger partial charge on any atom is 1.00 e. The van der Waals surface area contributed by atoms with E-state index in [1.807, 2.05) is 0 Å². The van der Waals surface area contributed by atoms with Gasteiger partial charge in [0.1, 0.15) is 0 Å². The van der Waals surface area contributed by atoms with Crippen LogP contribution in [-0.2, 0) is 10.1 Å². The molecule has 0 aromatic carbocycles. The Bertz CT molecular complexity index is 295. The minimum Gasteiger partial charge on any atom is -0.743 e. The topological polar surface area (TPSA) is 57.2 Å². The van der Waals surface area contributed by atoms with Gasteiger partial charge in [-0.05, 0) is 6.42 Å². The van der Waals surface area contributed by atoms with Crippen molar-refractivity contribution in [3.63, 3.8) is 0 Å². The average Bonchev–Trinajstić information content (AvgIpc) is 2.20. The molecule has 0 aromatic rings. The first-order valence-corrected chi connectivity index (χ1v) is 7.55. The van der Waals surface area contributed by atoms with Crippen LogP contribution in [0.5, 0.6) is 0 Å². The van der Waals surface area contributed by atoms with Crippen molar-refractivity contribution in [3.8, 4) is 0 Å². The Kier molecular flexibility index (Phi) is 12.3. The Morgan fingerprint density at radius 3 is 1.72 bits per heavy atom. The molecular formula is C11H21F2NaO3S. The van der Waals surface area contributed by atoms with E-state index < -0.39 is 21.8 Å². The fourth-order valence-electron chi connectivity index (χ4n) is 1.59. The van der Waals surface area contributed by atoms with Crippen LogP contribution in [0.25, 0.3) is 0 Å². The molecule has 0 aromatic heterocycles. The summed E-state index contributed by atoms with van der Waals surface area (Å²) in [4.78, 5) is 0. The van der Waals surface area contributed by atoms with Crippen molar-refractivity contribution in [3.05, 3.63) is 0 Å². The number of halogens is 2. The molecule has 0 saturated carbocycles. The van der Waals surface area contributed by atoms with Crippen LogP contribution < -0.4 is 29.6 Å². The summed E-state index contributed by atoms with van der Waals surface area (Å²) in [5, 5.41) is -4.10. The molecule has 0 aliphatic heterocycles. The largest absolute Gasteiger partial charge is 1.00 e. The van der Waals surface area contributed by atoms with Crippen LogP contribution in [0.4, 0.5) is 8.78 Å². The maximum atomic E-state index is 12.7. The molecule has 0 N–H and O–H groups in total. The second-order valence-electron chi connectivity index (χ2n) is 4.32. The van der Waals surface area contributed by atoms with Gasteiger partial charge in [0.05, 0.1) is 0 Å². The van der Waals surface area contributed by atoms with Crippen molar-refractivity contribution in [2.24, 2.45) is 0 Å². The Labute approximate surface area is 131 Å². The Morgan fingerprint density at radius 1 is 0.944 bits per heavy atom. The molecule has 18 heavy (non-hydrogen) atoms. The minimum atomic E-state index is -5.49. The van der Waals surface area contributed by atoms with E-state index in [9.17, 15) is 21.8 Å². The summed E-state index contributed by atoms with van der Waals surface area (Å²) in [5.41, 5.74) is 0. The normalized spacial score (nSPS) is 12.2. The zero-order valence-electron chi connectivity index (χ0n) is 11.3. The Balaban J connectivity index is 0. The van der Waals surface area contributed by atoms with Crippen LogP contribution in [0.15, 0.2) is 0 Å². The van der Waals surface area contributed by atoms with Crippen LogP contribution >= 0.6 is 0 Å². The van der Waals surface area contributed by atoms with E-state index in [0.29, 0.717) is 6.42 Å². The van der Waals surface area contributed by atoms with E-state index in [2.05, 4.69) is 6.92 Å². The fraction of sp³-hybridized carbons (Fsp3) is 1.00. The predicted molar refractivity (Wildman–Crippen MR) is 61.9 cm³/mol. The van der Waals surface area contributed by atoms with Gasteiger partial charge in [-0.25, -0.2) is 8.42 Å². The van der Waals surface area contributed by atoms with Crippen molar-refractivity contribution in [2.75, 3.05) is 0 Å². The van der Waals surface area contributed by atoms with Gasteiger partial charge in [0.15, 0.2) is 10.1 Å². The van der Waals surface area contributed by atoms with Crippen LogP contribution in [0, 0.1) is 0 Å². The van der Waals surface area contributed by atoms with Crippen LogP contribution in [0.2, 0.25) is 0 Å². The SMILES string of the molecule is CCCCCCCCCCC(F)(F)S(=O)(=O)[O-].[Na+]. The second-order valence-corrected chi connectivity index (χ2v) is 5.82. The van der Waals surface area contributed by atoms with Crippen LogP contribution in [0.3, 0.4) is 0 Å². The summed E-state index contributed by atoms with van der Waals surface area (Å²) in [5.74, 6) is 0. The maximum absolute atomic E-state index is 12.7. The second kappa shape index (κ2) is 10.5. The molecule has 0 amide bonds. The van der Waals surface area contributed by atoms with Gasteiger partial charge in [-0.15, -0.1) is 0 Å². The molecule has 0 spiro atoms.